The van der Waals surface area contributed by atoms with Crippen LogP contribution in [0, 0.1) is 23.7 Å². The van der Waals surface area contributed by atoms with Crippen molar-refractivity contribution in [2.75, 3.05) is 49.6 Å². The maximum absolute atomic E-state index is 12.9. The van der Waals surface area contributed by atoms with Crippen molar-refractivity contribution in [1.82, 2.24) is 29.1 Å². The van der Waals surface area contributed by atoms with Gasteiger partial charge in [-0.25, -0.2) is 27.4 Å². The average Bonchev–Trinajstić information content (AvgIpc) is 4.02. The molecule has 18 N–H and O–H groups in total. The van der Waals surface area contributed by atoms with Crippen molar-refractivity contribution < 1.29 is 112 Å². The van der Waals surface area contributed by atoms with Gasteiger partial charge in [-0.05, 0) is 0 Å². The number of nitrogens with zero attached hydrogens (tertiary/aromatic N) is 4. The van der Waals surface area contributed by atoms with Crippen LogP contribution in [0.4, 0.5) is 11.9 Å². The molecule has 0 aliphatic carbocycles. The lowest BCUT2D eigenvalue weighted by Gasteiger charge is -2.21. The van der Waals surface area contributed by atoms with E-state index in [1.54, 1.807) is 0 Å². The summed E-state index contributed by atoms with van der Waals surface area (Å²) in [7, 11) is -32.6. The van der Waals surface area contributed by atoms with Gasteiger partial charge in [-0.2, -0.15) is 27.2 Å². The molecule has 0 aromatic carbocycles. The van der Waals surface area contributed by atoms with Crippen molar-refractivity contribution in [2.45, 2.75) is 49.7 Å². The number of phosphoric ester groups is 2. The molecule has 2 saturated heterocycles. The molecule has 4 aromatic rings. The van der Waals surface area contributed by atoms with Crippen molar-refractivity contribution in [3.63, 3.8) is 0 Å². The van der Waals surface area contributed by atoms with Crippen molar-refractivity contribution in [2.24, 2.45) is 11.5 Å². The van der Waals surface area contributed by atoms with E-state index in [1.165, 1.54) is 21.5 Å². The van der Waals surface area contributed by atoms with Gasteiger partial charge in [-0.1, -0.05) is 45.3 Å². The summed E-state index contributed by atoms with van der Waals surface area (Å²) in [6, 6.07) is 0. The van der Waals surface area contributed by atoms with Crippen LogP contribution >= 0.6 is 68.5 Å². The molecule has 0 radical (unpaired) electrons. The zero-order valence-electron chi connectivity index (χ0n) is 36.8. The quantitative estimate of drug-likeness (QED) is 0.0147. The first-order valence-corrected chi connectivity index (χ1v) is 31.4. The zero-order chi connectivity index (χ0) is 54.6. The van der Waals surface area contributed by atoms with Crippen LogP contribution in [0.1, 0.15) is 36.4 Å². The molecule has 2 aliphatic rings. The summed E-state index contributed by atoms with van der Waals surface area (Å²) in [4.78, 5) is 114. The van der Waals surface area contributed by atoms with E-state index >= 15 is 0 Å². The third kappa shape index (κ3) is 16.7. The fourth-order valence-corrected chi connectivity index (χ4v) is 14.3. The van der Waals surface area contributed by atoms with Gasteiger partial charge in [0.25, 0.3) is 11.1 Å². The summed E-state index contributed by atoms with van der Waals surface area (Å²) in [5, 5.41) is -0.0277. The Balaban J connectivity index is 1.17. The maximum Gasteiger partial charge on any atom is 0.490 e. The molecule has 0 bridgehead atoms. The standard InChI is InChI=1S/C30H42N10O26P6S2/c31-5-1-3-15-9-39(25-23(15)27(41)37-29(33)35-25)21-7-17(19(61-21)11-59-69(49,50)65-71(53,54)63-67(43,44)45)57-13-73-74-14-58-18-8-22(40-10-16(4-2-6-32)24-26(40)36-30(34)38-28(24)42)62-20(18)12-60-70(51,52)66-72(55,56)64-68(46,47)48/h9-10,17-22H,5-8,11-14,31-32H2,(H,49,50)(H,51,52)(H,53,54)(H,55,56)(H2,43,44,45)(H2,46,47,48)(H3,33,35,37,41)(H3,34,36,38,42)/t17?,18?,19-,20-,21-,22-/m1/s1. The Morgan fingerprint density at radius 1 is 0.622 bits per heavy atom. The lowest BCUT2D eigenvalue weighted by Crippen LogP contribution is -2.29. The van der Waals surface area contributed by atoms with Gasteiger partial charge in [0.15, 0.2) is 11.3 Å². The van der Waals surface area contributed by atoms with Gasteiger partial charge < -0.3 is 90.2 Å². The second-order valence-corrected chi connectivity index (χ2v) is 25.8. The predicted molar refractivity (Wildman–Crippen MR) is 253 cm³/mol. The van der Waals surface area contributed by atoms with Crippen LogP contribution in [-0.2, 0) is 72.6 Å². The fourth-order valence-electron chi connectivity index (χ4n) is 6.90. The highest BCUT2D eigenvalue weighted by Gasteiger charge is 2.46. The average molecular weight is 1210 g/mol. The van der Waals surface area contributed by atoms with Crippen molar-refractivity contribution in [3.8, 4) is 23.7 Å². The number of aromatic nitrogens is 6. The fraction of sp³-hybridized carbons (Fsp3) is 0.467. The molecule has 74 heavy (non-hydrogen) atoms. The van der Waals surface area contributed by atoms with E-state index in [0.717, 1.165) is 21.6 Å². The summed E-state index contributed by atoms with van der Waals surface area (Å²) in [5.74, 6) is 9.63. The molecule has 10 atom stereocenters. The SMILES string of the molecule is NCC#Cc1cn([C@H]2CC(OCSSCOC3C[C@H](n4cc(C#CCN)c5c(=O)[nH]c(N)nc54)O[C@@H]3COP(=O)(O)OP(=O)(O)OP(=O)(O)O)[C@@H](COP(=O)(O)OP(=O)(O)OP(=O)(O)O)O2)c2nc(N)[nH]c(=O)c12. The number of H-pyrrole nitrogens is 2. The summed E-state index contributed by atoms with van der Waals surface area (Å²) in [6.45, 7) is -2.10. The number of fused-ring (bicyclic) bond motifs is 2. The molecule has 410 valence electrons. The van der Waals surface area contributed by atoms with Gasteiger partial charge in [0.05, 0.1) is 60.4 Å². The van der Waals surface area contributed by atoms with E-state index in [0.29, 0.717) is 0 Å². The van der Waals surface area contributed by atoms with Crippen molar-refractivity contribution in [3.05, 3.63) is 44.2 Å². The number of phosphoric acid groups is 6. The van der Waals surface area contributed by atoms with Gasteiger partial charge >= 0.3 is 46.9 Å². The van der Waals surface area contributed by atoms with Crippen LogP contribution in [0.3, 0.4) is 0 Å². The highest BCUT2D eigenvalue weighted by molar-refractivity contribution is 8.76. The third-order valence-electron chi connectivity index (χ3n) is 9.41. The molecule has 6 unspecified atom stereocenters. The minimum atomic E-state index is -5.91. The van der Waals surface area contributed by atoms with E-state index in [-0.39, 0.29) is 82.9 Å². The number of rotatable bonds is 23. The summed E-state index contributed by atoms with van der Waals surface area (Å²) in [5.41, 5.74) is 21.6. The van der Waals surface area contributed by atoms with Crippen LogP contribution in [0.15, 0.2) is 22.0 Å². The molecule has 0 spiro atoms. The number of nitrogen functional groups attached to an aromatic ring is 2. The van der Waals surface area contributed by atoms with Crippen LogP contribution in [0.5, 0.6) is 0 Å². The highest BCUT2D eigenvalue weighted by Crippen LogP contribution is 2.67. The lowest BCUT2D eigenvalue weighted by atomic mass is 10.2. The van der Waals surface area contributed by atoms with Gasteiger partial charge in [0.1, 0.15) is 36.5 Å². The zero-order valence-corrected chi connectivity index (χ0v) is 43.8. The summed E-state index contributed by atoms with van der Waals surface area (Å²) in [6.07, 6.45) is -4.68. The number of nitrogens with one attached hydrogen (secondary N) is 2. The topological polar surface area (TPSA) is 562 Å². The Kier molecular flexibility index (Phi) is 19.7. The largest absolute Gasteiger partial charge is 0.490 e. The Bertz CT molecular complexity index is 3070. The molecule has 6 rings (SSSR count). The van der Waals surface area contributed by atoms with Crippen molar-refractivity contribution >= 4 is 102 Å². The summed E-state index contributed by atoms with van der Waals surface area (Å²) < 4.78 is 123. The first-order chi connectivity index (χ1) is 34.4. The molecule has 0 saturated carbocycles. The smallest absolute Gasteiger partial charge is 0.369 e. The molecule has 2 aliphatic heterocycles. The monoisotopic (exact) mass is 1210 g/mol. The van der Waals surface area contributed by atoms with Crippen LogP contribution in [0.25, 0.3) is 22.1 Å². The van der Waals surface area contributed by atoms with Gasteiger partial charge in [0, 0.05) is 25.2 Å². The lowest BCUT2D eigenvalue weighted by molar-refractivity contribution is -0.0523. The minimum absolute atomic E-state index is 0.0139. The van der Waals surface area contributed by atoms with E-state index < -0.39 is 108 Å². The van der Waals surface area contributed by atoms with E-state index in [9.17, 15) is 56.6 Å². The predicted octanol–water partition coefficient (Wildman–Crippen LogP) is -0.424. The van der Waals surface area contributed by atoms with E-state index in [2.05, 4.69) is 60.9 Å². The summed E-state index contributed by atoms with van der Waals surface area (Å²) >= 11 is 0. The molecule has 6 heterocycles. The van der Waals surface area contributed by atoms with Crippen molar-refractivity contribution in [1.29, 1.82) is 0 Å². The normalized spacial score (nSPS) is 23.6. The highest BCUT2D eigenvalue weighted by atomic mass is 33.1. The number of hydrogen-bond donors (Lipinski definition) is 14. The molecular formula is C30H42N10O26P6S2. The Morgan fingerprint density at radius 3 is 1.32 bits per heavy atom. The number of nitrogens with two attached hydrogens (primary N) is 4. The number of ether oxygens (including phenoxy) is 4. The molecule has 2 fully saturated rings. The molecule has 0 amide bonds. The van der Waals surface area contributed by atoms with E-state index in [1.807, 2.05) is 0 Å². The molecule has 4 aromatic heterocycles. The molecule has 44 heteroatoms. The Labute approximate surface area is 420 Å². The number of hydrogen-bond acceptors (Lipinski definition) is 26. The second-order valence-electron chi connectivity index (χ2n) is 14.6. The van der Waals surface area contributed by atoms with Gasteiger partial charge in [0.2, 0.25) is 11.9 Å². The number of anilines is 2. The second kappa shape index (κ2) is 24.2. The minimum Gasteiger partial charge on any atom is -0.369 e. The Hall–Kier alpha value is -3.16. The van der Waals surface area contributed by atoms with E-state index in [4.69, 9.17) is 70.5 Å². The Morgan fingerprint density at radius 2 is 0.986 bits per heavy atom. The number of aromatic amines is 2. The van der Waals surface area contributed by atoms with Crippen LogP contribution < -0.4 is 34.1 Å². The molecular weight excluding hydrogens is 1170 g/mol. The maximum atomic E-state index is 12.9. The van der Waals surface area contributed by atoms with Gasteiger partial charge in [-0.15, -0.1) is 0 Å². The van der Waals surface area contributed by atoms with Crippen LogP contribution in [0.2, 0.25) is 0 Å². The first kappa shape index (κ1) is 60.1. The molecule has 36 nitrogen and oxygen atoms in total. The third-order valence-corrected chi connectivity index (χ3v) is 18.7. The van der Waals surface area contributed by atoms with Gasteiger partial charge in [-0.3, -0.25) is 28.6 Å². The first-order valence-electron chi connectivity index (χ1n) is 19.9. The van der Waals surface area contributed by atoms with Crippen LogP contribution in [-0.4, -0.2) is 131 Å².